The Morgan fingerprint density at radius 2 is 2.04 bits per heavy atom. The van der Waals surface area contributed by atoms with Gasteiger partial charge in [-0.2, -0.15) is 0 Å². The highest BCUT2D eigenvalue weighted by Crippen LogP contribution is 2.35. The van der Waals surface area contributed by atoms with E-state index < -0.39 is 0 Å². The third kappa shape index (κ3) is 2.93. The summed E-state index contributed by atoms with van der Waals surface area (Å²) in [5, 5.41) is 4.20. The summed E-state index contributed by atoms with van der Waals surface area (Å²) in [6.07, 6.45) is 5.55. The Hall–Kier alpha value is -2.90. The van der Waals surface area contributed by atoms with E-state index >= 15 is 0 Å². The molecule has 0 saturated heterocycles. The summed E-state index contributed by atoms with van der Waals surface area (Å²) < 4.78 is 1.03. The minimum atomic E-state index is -0.366. The van der Waals surface area contributed by atoms with Crippen LogP contribution in [0.5, 0.6) is 0 Å². The fraction of sp³-hybridized carbons (Fsp3) is 0.238. The first kappa shape index (κ1) is 17.2. The molecule has 0 saturated carbocycles. The Balaban J connectivity index is 1.47. The Morgan fingerprint density at radius 3 is 2.89 bits per heavy atom. The molecule has 1 atom stereocenters. The highest BCUT2D eigenvalue weighted by Gasteiger charge is 2.32. The summed E-state index contributed by atoms with van der Waals surface area (Å²) in [5.74, 6) is 1.46. The summed E-state index contributed by atoms with van der Waals surface area (Å²) in [4.78, 5) is 18.5. The molecule has 0 bridgehead atoms. The van der Waals surface area contributed by atoms with Gasteiger partial charge in [0.05, 0.1) is 21.4 Å². The lowest BCUT2D eigenvalue weighted by molar-refractivity contribution is 0.480. The molecule has 4 aromatic heterocycles. The maximum Gasteiger partial charge on any atom is 0.143 e. The van der Waals surface area contributed by atoms with Crippen LogP contribution in [0.1, 0.15) is 30.2 Å². The van der Waals surface area contributed by atoms with Crippen molar-refractivity contribution in [1.29, 1.82) is 0 Å². The molecular formula is C21H20N6S. The van der Waals surface area contributed by atoms with Crippen LogP contribution in [0.4, 0.5) is 11.6 Å². The van der Waals surface area contributed by atoms with Gasteiger partial charge in [0.15, 0.2) is 0 Å². The van der Waals surface area contributed by atoms with Crippen LogP contribution in [0.2, 0.25) is 0 Å². The fourth-order valence-electron chi connectivity index (χ4n) is 3.61. The molecule has 4 aromatic rings. The average molecular weight is 389 g/mol. The van der Waals surface area contributed by atoms with Crippen LogP contribution < -0.4 is 11.1 Å². The zero-order chi connectivity index (χ0) is 19.3. The fourth-order valence-corrected chi connectivity index (χ4v) is 4.59. The normalized spacial score (nSPS) is 18.4. The van der Waals surface area contributed by atoms with Crippen molar-refractivity contribution in [1.82, 2.24) is 19.9 Å². The van der Waals surface area contributed by atoms with Crippen molar-refractivity contribution >= 4 is 33.2 Å². The van der Waals surface area contributed by atoms with E-state index in [0.29, 0.717) is 5.82 Å². The van der Waals surface area contributed by atoms with Gasteiger partial charge in [0.25, 0.3) is 0 Å². The monoisotopic (exact) mass is 388 g/mol. The van der Waals surface area contributed by atoms with E-state index in [1.807, 2.05) is 44.3 Å². The van der Waals surface area contributed by atoms with Crippen LogP contribution in [-0.4, -0.2) is 19.9 Å². The topological polar surface area (TPSA) is 89.6 Å². The van der Waals surface area contributed by atoms with Gasteiger partial charge in [0, 0.05) is 18.5 Å². The lowest BCUT2D eigenvalue weighted by Gasteiger charge is -2.18. The third-order valence-corrected chi connectivity index (χ3v) is 6.19. The molecule has 1 aliphatic rings. The maximum atomic E-state index is 6.38. The van der Waals surface area contributed by atoms with Gasteiger partial charge in [-0.15, -0.1) is 11.3 Å². The zero-order valence-corrected chi connectivity index (χ0v) is 16.5. The molecule has 0 amide bonds. The number of fused-ring (bicyclic) bond motifs is 2. The molecule has 5 rings (SSSR count). The number of nitrogens with two attached hydrogens (primary N) is 1. The third-order valence-electron chi connectivity index (χ3n) is 5.18. The van der Waals surface area contributed by atoms with E-state index in [-0.39, 0.29) is 5.54 Å². The molecule has 0 unspecified atom stereocenters. The number of hydrogen-bond donors (Lipinski definition) is 2. The maximum absolute atomic E-state index is 6.38. The second-order valence-electron chi connectivity index (χ2n) is 7.47. The highest BCUT2D eigenvalue weighted by molar-refractivity contribution is 7.21. The van der Waals surface area contributed by atoms with E-state index in [1.54, 1.807) is 17.5 Å². The number of pyridine rings is 3. The molecule has 3 N–H and O–H groups in total. The van der Waals surface area contributed by atoms with Gasteiger partial charge in [-0.1, -0.05) is 12.1 Å². The van der Waals surface area contributed by atoms with Crippen LogP contribution in [0.15, 0.2) is 42.7 Å². The Kier molecular flexibility index (Phi) is 3.89. The van der Waals surface area contributed by atoms with Crippen LogP contribution in [-0.2, 0) is 12.0 Å². The van der Waals surface area contributed by atoms with Crippen molar-refractivity contribution in [3.63, 3.8) is 0 Å². The Bertz CT molecular complexity index is 1200. The van der Waals surface area contributed by atoms with E-state index in [0.717, 1.165) is 50.8 Å². The largest absolute Gasteiger partial charge is 0.325 e. The highest BCUT2D eigenvalue weighted by atomic mass is 32.1. The standard InChI is InChI=1S/C21H20N6S/c1-12-4-3-9-23-18(12)20-25-14-10-17(24-11-15(14)28-20)26-16-6-5-13-7-8-21(2,22)19(13)27-16/h3-6,9-11H,7-8,22H2,1-2H3,(H,24,26,27)/t21-/m1/s1. The molecule has 0 spiro atoms. The van der Waals surface area contributed by atoms with Crippen molar-refractivity contribution in [3.05, 3.63) is 59.5 Å². The van der Waals surface area contributed by atoms with Crippen molar-refractivity contribution < 1.29 is 0 Å². The smallest absolute Gasteiger partial charge is 0.143 e. The van der Waals surface area contributed by atoms with Crippen LogP contribution >= 0.6 is 11.3 Å². The minimum absolute atomic E-state index is 0.366. The van der Waals surface area contributed by atoms with E-state index in [1.165, 1.54) is 5.56 Å². The molecule has 0 aromatic carbocycles. The van der Waals surface area contributed by atoms with Crippen molar-refractivity contribution in [2.45, 2.75) is 32.2 Å². The zero-order valence-electron chi connectivity index (χ0n) is 15.7. The Morgan fingerprint density at radius 1 is 1.14 bits per heavy atom. The number of thiazole rings is 1. The second-order valence-corrected chi connectivity index (χ2v) is 8.50. The van der Waals surface area contributed by atoms with Gasteiger partial charge in [-0.25, -0.2) is 15.0 Å². The van der Waals surface area contributed by atoms with Crippen LogP contribution in [0.3, 0.4) is 0 Å². The lowest BCUT2D eigenvalue weighted by atomic mass is 10.0. The van der Waals surface area contributed by atoms with Crippen molar-refractivity contribution in [2.75, 3.05) is 5.32 Å². The molecule has 1 aliphatic carbocycles. The summed E-state index contributed by atoms with van der Waals surface area (Å²) in [6, 6.07) is 10.0. The van der Waals surface area contributed by atoms with Crippen LogP contribution in [0.25, 0.3) is 20.9 Å². The number of anilines is 2. The van der Waals surface area contributed by atoms with Crippen LogP contribution in [0, 0.1) is 6.92 Å². The quantitative estimate of drug-likeness (QED) is 0.543. The number of aromatic nitrogens is 4. The molecule has 0 radical (unpaired) electrons. The summed E-state index contributed by atoms with van der Waals surface area (Å²) in [7, 11) is 0. The Labute approximate surface area is 166 Å². The van der Waals surface area contributed by atoms with E-state index in [4.69, 9.17) is 15.7 Å². The minimum Gasteiger partial charge on any atom is -0.325 e. The van der Waals surface area contributed by atoms with Gasteiger partial charge in [0.1, 0.15) is 22.3 Å². The predicted octanol–water partition coefficient (Wildman–Crippen LogP) is 4.32. The SMILES string of the molecule is Cc1cccnc1-c1nc2cc(Nc3ccc4c(n3)[C@](C)(N)CC4)ncc2s1. The molecular weight excluding hydrogens is 368 g/mol. The lowest BCUT2D eigenvalue weighted by Crippen LogP contribution is -2.30. The van der Waals surface area contributed by atoms with Gasteiger partial charge in [0.2, 0.25) is 0 Å². The molecule has 6 nitrogen and oxygen atoms in total. The molecule has 0 fully saturated rings. The van der Waals surface area contributed by atoms with Gasteiger partial charge < -0.3 is 11.1 Å². The molecule has 0 aliphatic heterocycles. The average Bonchev–Trinajstić information content (AvgIpc) is 3.23. The number of nitrogens with zero attached hydrogens (tertiary/aromatic N) is 4. The number of aryl methyl sites for hydroxylation is 2. The van der Waals surface area contributed by atoms with Crippen molar-refractivity contribution in [2.24, 2.45) is 5.73 Å². The number of hydrogen-bond acceptors (Lipinski definition) is 7. The summed E-state index contributed by atoms with van der Waals surface area (Å²) in [5.41, 5.74) is 11.1. The number of rotatable bonds is 3. The van der Waals surface area contributed by atoms with Crippen molar-refractivity contribution in [3.8, 4) is 10.7 Å². The number of nitrogens with one attached hydrogen (secondary N) is 1. The molecule has 140 valence electrons. The van der Waals surface area contributed by atoms with Gasteiger partial charge in [-0.3, -0.25) is 4.98 Å². The predicted molar refractivity (Wildman–Crippen MR) is 113 cm³/mol. The van der Waals surface area contributed by atoms with E-state index in [9.17, 15) is 0 Å². The second kappa shape index (κ2) is 6.32. The first-order valence-corrected chi connectivity index (χ1v) is 10.1. The van der Waals surface area contributed by atoms with Gasteiger partial charge in [-0.05, 0) is 49.9 Å². The first-order valence-electron chi connectivity index (χ1n) is 9.24. The van der Waals surface area contributed by atoms with Gasteiger partial charge >= 0.3 is 0 Å². The first-order chi connectivity index (χ1) is 13.5. The molecule has 28 heavy (non-hydrogen) atoms. The molecule has 7 heteroatoms. The van der Waals surface area contributed by atoms with E-state index in [2.05, 4.69) is 21.4 Å². The summed E-state index contributed by atoms with van der Waals surface area (Å²) in [6.45, 7) is 4.08. The molecule has 4 heterocycles. The summed E-state index contributed by atoms with van der Waals surface area (Å²) >= 11 is 1.60.